The smallest absolute Gasteiger partial charge is 0.293 e. The quantitative estimate of drug-likeness (QED) is 0.501. The van der Waals surface area contributed by atoms with Gasteiger partial charge in [-0.3, -0.25) is 14.9 Å². The van der Waals surface area contributed by atoms with E-state index in [1.807, 2.05) is 4.90 Å². The lowest BCUT2D eigenvalue weighted by molar-refractivity contribution is -0.880. The number of nitrogens with zero attached hydrogens (tertiary/aromatic N) is 2. The van der Waals surface area contributed by atoms with Crippen molar-refractivity contribution in [2.75, 3.05) is 49.6 Å². The van der Waals surface area contributed by atoms with Gasteiger partial charge in [0.1, 0.15) is 5.69 Å². The highest BCUT2D eigenvalue weighted by molar-refractivity contribution is 7.91. The van der Waals surface area contributed by atoms with E-state index in [4.69, 9.17) is 0 Å². The molecular weight excluding hydrogens is 360 g/mol. The highest BCUT2D eigenvalue weighted by atomic mass is 32.2. The summed E-state index contributed by atoms with van der Waals surface area (Å²) in [5.41, 5.74) is 0.586. The van der Waals surface area contributed by atoms with Crippen molar-refractivity contribution >= 4 is 27.1 Å². The Labute approximate surface area is 152 Å². The van der Waals surface area contributed by atoms with Crippen LogP contribution in [0.25, 0.3) is 0 Å². The third-order valence-electron chi connectivity index (χ3n) is 4.96. The molecule has 2 aliphatic heterocycles. The SMILES string of the molecule is C[NH+]1CCN(c2ccc(C(=O)N[C@H]3CCS(=O)(=O)C3)cc2[N+](=O)[O-])CC1. The van der Waals surface area contributed by atoms with Crippen LogP contribution < -0.4 is 15.1 Å². The first kappa shape index (κ1) is 18.6. The predicted octanol–water partition coefficient (Wildman–Crippen LogP) is -1.15. The number of likely N-dealkylation sites (N-methyl/N-ethyl adjacent to an activating group) is 1. The number of hydrogen-bond acceptors (Lipinski definition) is 6. The van der Waals surface area contributed by atoms with Crippen molar-refractivity contribution in [3.05, 3.63) is 33.9 Å². The van der Waals surface area contributed by atoms with Gasteiger partial charge in [-0.05, 0) is 18.6 Å². The summed E-state index contributed by atoms with van der Waals surface area (Å²) < 4.78 is 23.0. The number of nitro benzene ring substituents is 1. The molecule has 0 aliphatic carbocycles. The summed E-state index contributed by atoms with van der Waals surface area (Å²) in [6.45, 7) is 3.24. The van der Waals surface area contributed by atoms with E-state index >= 15 is 0 Å². The fourth-order valence-corrected chi connectivity index (χ4v) is 5.06. The van der Waals surface area contributed by atoms with E-state index in [2.05, 4.69) is 12.4 Å². The van der Waals surface area contributed by atoms with Crippen LogP contribution in [0.4, 0.5) is 11.4 Å². The third kappa shape index (κ3) is 4.13. The van der Waals surface area contributed by atoms with Gasteiger partial charge in [-0.25, -0.2) is 8.42 Å². The molecule has 9 nitrogen and oxygen atoms in total. The lowest BCUT2D eigenvalue weighted by Gasteiger charge is -2.31. The molecule has 3 rings (SSSR count). The number of carbonyl (C=O) groups excluding carboxylic acids is 1. The van der Waals surface area contributed by atoms with E-state index in [1.54, 1.807) is 12.1 Å². The fourth-order valence-electron chi connectivity index (χ4n) is 3.39. The highest BCUT2D eigenvalue weighted by Crippen LogP contribution is 2.29. The van der Waals surface area contributed by atoms with Gasteiger partial charge in [0.2, 0.25) is 0 Å². The molecule has 2 heterocycles. The van der Waals surface area contributed by atoms with Crippen LogP contribution in [-0.2, 0) is 9.84 Å². The van der Waals surface area contributed by atoms with Gasteiger partial charge in [0.05, 0.1) is 49.7 Å². The zero-order valence-corrected chi connectivity index (χ0v) is 15.4. The molecule has 1 aromatic rings. The largest absolute Gasteiger partial charge is 0.355 e. The van der Waals surface area contributed by atoms with Crippen LogP contribution in [0.1, 0.15) is 16.8 Å². The normalized spacial score (nSPS) is 23.0. The number of sulfone groups is 1. The molecule has 2 fully saturated rings. The van der Waals surface area contributed by atoms with Gasteiger partial charge in [0, 0.05) is 17.7 Å². The van der Waals surface area contributed by atoms with Crippen molar-refractivity contribution in [3.8, 4) is 0 Å². The van der Waals surface area contributed by atoms with Crippen molar-refractivity contribution < 1.29 is 23.0 Å². The van der Waals surface area contributed by atoms with E-state index in [0.29, 0.717) is 12.1 Å². The number of rotatable bonds is 4. The van der Waals surface area contributed by atoms with E-state index < -0.39 is 26.7 Å². The molecule has 0 bridgehead atoms. The Morgan fingerprint density at radius 2 is 2.04 bits per heavy atom. The van der Waals surface area contributed by atoms with Gasteiger partial charge in [0.15, 0.2) is 9.84 Å². The summed E-state index contributed by atoms with van der Waals surface area (Å²) >= 11 is 0. The van der Waals surface area contributed by atoms with Crippen LogP contribution in [0.15, 0.2) is 18.2 Å². The Kier molecular flexibility index (Phi) is 5.15. The number of quaternary nitrogens is 1. The topological polar surface area (TPSA) is 114 Å². The van der Waals surface area contributed by atoms with E-state index in [-0.39, 0.29) is 22.8 Å². The second-order valence-corrected chi connectivity index (χ2v) is 9.21. The van der Waals surface area contributed by atoms with Gasteiger partial charge >= 0.3 is 0 Å². The van der Waals surface area contributed by atoms with Crippen molar-refractivity contribution in [2.24, 2.45) is 0 Å². The molecule has 1 atom stereocenters. The Bertz CT molecular complexity index is 818. The maximum atomic E-state index is 12.4. The molecular formula is C16H23N4O5S+. The van der Waals surface area contributed by atoms with Crippen LogP contribution in [0.5, 0.6) is 0 Å². The summed E-state index contributed by atoms with van der Waals surface area (Å²) in [4.78, 5) is 26.7. The molecule has 0 saturated carbocycles. The van der Waals surface area contributed by atoms with Crippen LogP contribution in [0.3, 0.4) is 0 Å². The number of hydrogen-bond donors (Lipinski definition) is 2. The number of piperazine rings is 1. The van der Waals surface area contributed by atoms with Crippen LogP contribution >= 0.6 is 0 Å². The average Bonchev–Trinajstić information content (AvgIpc) is 2.93. The zero-order chi connectivity index (χ0) is 18.9. The first-order valence-electron chi connectivity index (χ1n) is 8.61. The zero-order valence-electron chi connectivity index (χ0n) is 14.6. The lowest BCUT2D eigenvalue weighted by Crippen LogP contribution is -3.12. The Morgan fingerprint density at radius 3 is 2.62 bits per heavy atom. The second kappa shape index (κ2) is 7.20. The van der Waals surface area contributed by atoms with Crippen LogP contribution in [-0.4, -0.2) is 70.0 Å². The Hall–Kier alpha value is -2.20. The molecule has 0 spiro atoms. The molecule has 10 heteroatoms. The van der Waals surface area contributed by atoms with E-state index in [1.165, 1.54) is 11.0 Å². The number of benzene rings is 1. The average molecular weight is 383 g/mol. The number of carbonyl (C=O) groups is 1. The van der Waals surface area contributed by atoms with Gasteiger partial charge in [-0.2, -0.15) is 0 Å². The molecule has 142 valence electrons. The van der Waals surface area contributed by atoms with Crippen molar-refractivity contribution in [1.82, 2.24) is 5.32 Å². The monoisotopic (exact) mass is 383 g/mol. The molecule has 1 amide bonds. The van der Waals surface area contributed by atoms with E-state index in [0.717, 1.165) is 26.2 Å². The molecule has 2 saturated heterocycles. The number of amides is 1. The number of nitrogens with one attached hydrogen (secondary N) is 2. The fraction of sp³-hybridized carbons (Fsp3) is 0.562. The number of nitro groups is 1. The summed E-state index contributed by atoms with van der Waals surface area (Å²) in [6, 6.07) is 4.01. The summed E-state index contributed by atoms with van der Waals surface area (Å²) in [5.74, 6) is -0.505. The molecule has 1 aromatic carbocycles. The molecule has 0 aromatic heterocycles. The molecule has 26 heavy (non-hydrogen) atoms. The molecule has 2 aliphatic rings. The number of anilines is 1. The van der Waals surface area contributed by atoms with Crippen LogP contribution in [0, 0.1) is 10.1 Å². The maximum absolute atomic E-state index is 12.4. The standard InChI is InChI=1S/C16H22N4O5S/c1-18-5-7-19(8-6-18)14-3-2-12(10-15(14)20(22)23)16(21)17-13-4-9-26(24,25)11-13/h2-3,10,13H,4-9,11H2,1H3,(H,17,21)/p+1/t13-/m0/s1. The van der Waals surface area contributed by atoms with Crippen molar-refractivity contribution in [1.29, 1.82) is 0 Å². The van der Waals surface area contributed by atoms with Crippen molar-refractivity contribution in [3.63, 3.8) is 0 Å². The third-order valence-corrected chi connectivity index (χ3v) is 6.73. The predicted molar refractivity (Wildman–Crippen MR) is 96.5 cm³/mol. The highest BCUT2D eigenvalue weighted by Gasteiger charge is 2.30. The molecule has 0 radical (unpaired) electrons. The Balaban J connectivity index is 1.77. The van der Waals surface area contributed by atoms with Gasteiger partial charge in [-0.15, -0.1) is 0 Å². The minimum atomic E-state index is -3.10. The minimum absolute atomic E-state index is 0.0580. The van der Waals surface area contributed by atoms with E-state index in [9.17, 15) is 23.3 Å². The van der Waals surface area contributed by atoms with Gasteiger partial charge in [-0.1, -0.05) is 0 Å². The Morgan fingerprint density at radius 1 is 1.35 bits per heavy atom. The molecule has 2 N–H and O–H groups in total. The van der Waals surface area contributed by atoms with Gasteiger partial charge in [0.25, 0.3) is 11.6 Å². The maximum Gasteiger partial charge on any atom is 0.293 e. The minimum Gasteiger partial charge on any atom is -0.355 e. The first-order valence-corrected chi connectivity index (χ1v) is 10.4. The van der Waals surface area contributed by atoms with Crippen molar-refractivity contribution in [2.45, 2.75) is 12.5 Å². The lowest BCUT2D eigenvalue weighted by atomic mass is 10.1. The first-order chi connectivity index (χ1) is 12.2. The van der Waals surface area contributed by atoms with Crippen LogP contribution in [0.2, 0.25) is 0 Å². The summed E-state index contributed by atoms with van der Waals surface area (Å²) in [6.07, 6.45) is 0.373. The summed E-state index contributed by atoms with van der Waals surface area (Å²) in [5, 5.41) is 14.2. The second-order valence-electron chi connectivity index (χ2n) is 6.98. The molecule has 0 unspecified atom stereocenters. The van der Waals surface area contributed by atoms with Gasteiger partial charge < -0.3 is 15.1 Å². The summed E-state index contributed by atoms with van der Waals surface area (Å²) in [7, 11) is -1.02.